The SMILES string of the molecule is COC(=O)c1ccc(CCC(C)C(=O)O)cc1. The van der Waals surface area contributed by atoms with Crippen LogP contribution in [0.2, 0.25) is 0 Å². The topological polar surface area (TPSA) is 63.6 Å². The van der Waals surface area contributed by atoms with Crippen LogP contribution in [0, 0.1) is 5.92 Å². The molecule has 0 aromatic heterocycles. The van der Waals surface area contributed by atoms with Crippen LogP contribution in [0.25, 0.3) is 0 Å². The summed E-state index contributed by atoms with van der Waals surface area (Å²) in [5, 5.41) is 8.75. The number of hydrogen-bond donors (Lipinski definition) is 1. The molecular formula is C13H16O4. The monoisotopic (exact) mass is 236 g/mol. The van der Waals surface area contributed by atoms with Gasteiger partial charge < -0.3 is 9.84 Å². The van der Waals surface area contributed by atoms with E-state index in [1.807, 2.05) is 12.1 Å². The zero-order valence-electron chi connectivity index (χ0n) is 9.97. The molecule has 0 aliphatic carbocycles. The molecule has 1 aromatic rings. The van der Waals surface area contributed by atoms with Crippen LogP contribution in [0.1, 0.15) is 29.3 Å². The van der Waals surface area contributed by atoms with Crippen LogP contribution in [0.5, 0.6) is 0 Å². The Hall–Kier alpha value is -1.84. The van der Waals surface area contributed by atoms with Gasteiger partial charge in [0.1, 0.15) is 0 Å². The molecule has 1 rings (SSSR count). The molecule has 0 saturated carbocycles. The van der Waals surface area contributed by atoms with E-state index in [0.29, 0.717) is 18.4 Å². The number of carbonyl (C=O) groups is 2. The van der Waals surface area contributed by atoms with E-state index >= 15 is 0 Å². The van der Waals surface area contributed by atoms with Gasteiger partial charge in [-0.1, -0.05) is 19.1 Å². The van der Waals surface area contributed by atoms with Crippen molar-refractivity contribution in [2.24, 2.45) is 5.92 Å². The maximum Gasteiger partial charge on any atom is 0.337 e. The Bertz CT molecular complexity index is 394. The van der Waals surface area contributed by atoms with Crippen LogP contribution in [-0.2, 0) is 16.0 Å². The standard InChI is InChI=1S/C13H16O4/c1-9(12(14)15)3-4-10-5-7-11(8-6-10)13(16)17-2/h5-9H,3-4H2,1-2H3,(H,14,15). The predicted molar refractivity (Wildman–Crippen MR) is 62.9 cm³/mol. The molecule has 0 aliphatic heterocycles. The first-order valence-electron chi connectivity index (χ1n) is 5.44. The Kier molecular flexibility index (Phi) is 4.69. The van der Waals surface area contributed by atoms with Gasteiger partial charge in [0.15, 0.2) is 0 Å². The Morgan fingerprint density at radius 3 is 2.35 bits per heavy atom. The van der Waals surface area contributed by atoms with Crippen LogP contribution in [0.3, 0.4) is 0 Å². The van der Waals surface area contributed by atoms with Crippen molar-refractivity contribution in [2.45, 2.75) is 19.8 Å². The Labute approximate surface area is 100 Å². The molecule has 0 heterocycles. The Balaban J connectivity index is 2.57. The van der Waals surface area contributed by atoms with E-state index in [4.69, 9.17) is 5.11 Å². The quantitative estimate of drug-likeness (QED) is 0.795. The van der Waals surface area contributed by atoms with Crippen molar-refractivity contribution in [1.29, 1.82) is 0 Å². The number of aryl methyl sites for hydroxylation is 1. The molecular weight excluding hydrogens is 220 g/mol. The number of esters is 1. The molecule has 1 N–H and O–H groups in total. The van der Waals surface area contributed by atoms with Gasteiger partial charge in [-0.15, -0.1) is 0 Å². The Morgan fingerprint density at radius 1 is 1.29 bits per heavy atom. The molecule has 1 unspecified atom stereocenters. The highest BCUT2D eigenvalue weighted by Gasteiger charge is 2.10. The number of ether oxygens (including phenoxy) is 1. The molecule has 1 aromatic carbocycles. The first-order chi connectivity index (χ1) is 8.04. The molecule has 0 spiro atoms. The van der Waals surface area contributed by atoms with Gasteiger partial charge in [0.25, 0.3) is 0 Å². The predicted octanol–water partition coefficient (Wildman–Crippen LogP) is 2.13. The van der Waals surface area contributed by atoms with Gasteiger partial charge in [-0.25, -0.2) is 4.79 Å². The van der Waals surface area contributed by atoms with E-state index < -0.39 is 5.97 Å². The van der Waals surface area contributed by atoms with Gasteiger partial charge in [0, 0.05) is 0 Å². The van der Waals surface area contributed by atoms with Crippen molar-refractivity contribution in [3.63, 3.8) is 0 Å². The van der Waals surface area contributed by atoms with Crippen molar-refractivity contribution >= 4 is 11.9 Å². The molecule has 17 heavy (non-hydrogen) atoms. The molecule has 0 bridgehead atoms. The number of rotatable bonds is 5. The van der Waals surface area contributed by atoms with E-state index in [0.717, 1.165) is 5.56 Å². The van der Waals surface area contributed by atoms with Crippen molar-refractivity contribution < 1.29 is 19.4 Å². The van der Waals surface area contributed by atoms with Gasteiger partial charge in [0.2, 0.25) is 0 Å². The highest BCUT2D eigenvalue weighted by molar-refractivity contribution is 5.89. The van der Waals surface area contributed by atoms with E-state index in [1.54, 1.807) is 19.1 Å². The third-order valence-electron chi connectivity index (χ3n) is 2.66. The number of carbonyl (C=O) groups excluding carboxylic acids is 1. The third kappa shape index (κ3) is 3.90. The molecule has 0 aliphatic rings. The summed E-state index contributed by atoms with van der Waals surface area (Å²) >= 11 is 0. The van der Waals surface area contributed by atoms with E-state index in [2.05, 4.69) is 4.74 Å². The van der Waals surface area contributed by atoms with Gasteiger partial charge in [0.05, 0.1) is 18.6 Å². The maximum atomic E-state index is 11.2. The molecule has 1 atom stereocenters. The maximum absolute atomic E-state index is 11.2. The van der Waals surface area contributed by atoms with Crippen LogP contribution >= 0.6 is 0 Å². The molecule has 0 radical (unpaired) electrons. The van der Waals surface area contributed by atoms with Gasteiger partial charge >= 0.3 is 11.9 Å². The molecule has 4 heteroatoms. The van der Waals surface area contributed by atoms with E-state index in [9.17, 15) is 9.59 Å². The van der Waals surface area contributed by atoms with Crippen molar-refractivity contribution in [2.75, 3.05) is 7.11 Å². The summed E-state index contributed by atoms with van der Waals surface area (Å²) in [6, 6.07) is 7.01. The Morgan fingerprint density at radius 2 is 1.88 bits per heavy atom. The second-order valence-corrected chi connectivity index (χ2v) is 3.97. The number of carboxylic acid groups (broad SMARTS) is 1. The summed E-state index contributed by atoms with van der Waals surface area (Å²) < 4.78 is 4.59. The number of aliphatic carboxylic acids is 1. The molecule has 4 nitrogen and oxygen atoms in total. The fourth-order valence-corrected chi connectivity index (χ4v) is 1.43. The molecule has 92 valence electrons. The lowest BCUT2D eigenvalue weighted by atomic mass is 10.0. The number of methoxy groups -OCH3 is 1. The second-order valence-electron chi connectivity index (χ2n) is 3.97. The van der Waals surface area contributed by atoms with Crippen molar-refractivity contribution in [1.82, 2.24) is 0 Å². The minimum absolute atomic E-state index is 0.352. The highest BCUT2D eigenvalue weighted by atomic mass is 16.5. The molecule has 0 amide bonds. The molecule has 0 saturated heterocycles. The van der Waals surface area contributed by atoms with E-state index in [-0.39, 0.29) is 11.9 Å². The van der Waals surface area contributed by atoms with Gasteiger partial charge in [-0.05, 0) is 30.5 Å². The summed E-state index contributed by atoms with van der Waals surface area (Å²) in [6.45, 7) is 1.69. The first kappa shape index (κ1) is 13.2. The summed E-state index contributed by atoms with van der Waals surface area (Å²) in [7, 11) is 1.34. The van der Waals surface area contributed by atoms with Crippen LogP contribution in [-0.4, -0.2) is 24.2 Å². The van der Waals surface area contributed by atoms with Crippen LogP contribution in [0.4, 0.5) is 0 Å². The zero-order valence-corrected chi connectivity index (χ0v) is 9.97. The summed E-state index contributed by atoms with van der Waals surface area (Å²) in [5.41, 5.74) is 1.52. The van der Waals surface area contributed by atoms with E-state index in [1.165, 1.54) is 7.11 Å². The fourth-order valence-electron chi connectivity index (χ4n) is 1.43. The van der Waals surface area contributed by atoms with Gasteiger partial charge in [-0.3, -0.25) is 4.79 Å². The number of hydrogen-bond acceptors (Lipinski definition) is 3. The summed E-state index contributed by atoms with van der Waals surface area (Å²) in [6.07, 6.45) is 1.28. The van der Waals surface area contributed by atoms with Crippen LogP contribution in [0.15, 0.2) is 24.3 Å². The summed E-state index contributed by atoms with van der Waals surface area (Å²) in [5.74, 6) is -1.50. The van der Waals surface area contributed by atoms with Crippen molar-refractivity contribution in [3.8, 4) is 0 Å². The fraction of sp³-hybridized carbons (Fsp3) is 0.385. The number of carboxylic acids is 1. The lowest BCUT2D eigenvalue weighted by Gasteiger charge is -2.06. The average molecular weight is 236 g/mol. The zero-order chi connectivity index (χ0) is 12.8. The second kappa shape index (κ2) is 6.03. The minimum Gasteiger partial charge on any atom is -0.481 e. The lowest BCUT2D eigenvalue weighted by Crippen LogP contribution is -2.10. The van der Waals surface area contributed by atoms with Crippen LogP contribution < -0.4 is 0 Å². The normalized spacial score (nSPS) is 11.9. The third-order valence-corrected chi connectivity index (χ3v) is 2.66. The average Bonchev–Trinajstić information content (AvgIpc) is 2.35. The molecule has 0 fully saturated rings. The lowest BCUT2D eigenvalue weighted by molar-refractivity contribution is -0.141. The summed E-state index contributed by atoms with van der Waals surface area (Å²) in [4.78, 5) is 21.8. The smallest absolute Gasteiger partial charge is 0.337 e. The largest absolute Gasteiger partial charge is 0.481 e. The van der Waals surface area contributed by atoms with Gasteiger partial charge in [-0.2, -0.15) is 0 Å². The minimum atomic E-state index is -0.781. The highest BCUT2D eigenvalue weighted by Crippen LogP contribution is 2.11. The van der Waals surface area contributed by atoms with Crippen molar-refractivity contribution in [3.05, 3.63) is 35.4 Å². The number of benzene rings is 1. The first-order valence-corrected chi connectivity index (χ1v) is 5.44.